The first-order valence-corrected chi connectivity index (χ1v) is 4.62. The number of aromatic nitrogens is 3. The monoisotopic (exact) mass is 197 g/mol. The van der Waals surface area contributed by atoms with Gasteiger partial charge in [0.05, 0.1) is 6.42 Å². The van der Waals surface area contributed by atoms with Crippen LogP contribution in [0.5, 0.6) is 0 Å². The molecule has 0 bridgehead atoms. The van der Waals surface area contributed by atoms with Gasteiger partial charge in [0.25, 0.3) is 0 Å². The molecular formula is C9H15N3O2. The van der Waals surface area contributed by atoms with Gasteiger partial charge in [-0.05, 0) is 13.8 Å². The minimum absolute atomic E-state index is 0.0305. The highest BCUT2D eigenvalue weighted by molar-refractivity contribution is 5.84. The summed E-state index contributed by atoms with van der Waals surface area (Å²) in [7, 11) is 1.76. The molecule has 0 radical (unpaired) electrons. The molecule has 0 aliphatic carbocycles. The lowest BCUT2D eigenvalue weighted by Crippen LogP contribution is -2.23. The van der Waals surface area contributed by atoms with Crippen LogP contribution in [-0.4, -0.2) is 33.3 Å². The average molecular weight is 197 g/mol. The summed E-state index contributed by atoms with van der Waals surface area (Å²) in [6.07, 6.45) is 1.35. The van der Waals surface area contributed by atoms with Gasteiger partial charge in [0.1, 0.15) is 18.3 Å². The van der Waals surface area contributed by atoms with Gasteiger partial charge in [-0.25, -0.2) is 4.98 Å². The van der Waals surface area contributed by atoms with E-state index in [4.69, 9.17) is 4.74 Å². The molecule has 5 heteroatoms. The van der Waals surface area contributed by atoms with Crippen LogP contribution >= 0.6 is 0 Å². The Morgan fingerprint density at radius 3 is 2.93 bits per heavy atom. The zero-order valence-electron chi connectivity index (χ0n) is 8.73. The Labute approximate surface area is 83.1 Å². The van der Waals surface area contributed by atoms with Crippen LogP contribution in [0.4, 0.5) is 0 Å². The first kappa shape index (κ1) is 10.8. The first-order valence-electron chi connectivity index (χ1n) is 4.62. The summed E-state index contributed by atoms with van der Waals surface area (Å²) < 4.78 is 6.78. The summed E-state index contributed by atoms with van der Waals surface area (Å²) in [5.41, 5.74) is 0. The quantitative estimate of drug-likeness (QED) is 0.683. The molecule has 5 nitrogen and oxygen atoms in total. The number of Topliss-reactive ketones (excluding diaryl/α,β-unsaturated/α-hetero) is 1. The lowest BCUT2D eigenvalue weighted by molar-refractivity contribution is -0.128. The van der Waals surface area contributed by atoms with E-state index in [1.54, 1.807) is 18.7 Å². The highest BCUT2D eigenvalue weighted by Crippen LogP contribution is 2.00. The van der Waals surface area contributed by atoms with E-state index in [0.29, 0.717) is 12.4 Å². The number of ketones is 1. The molecule has 78 valence electrons. The SMILES string of the molecule is CCOC(C)C(=O)Cc1ncnn1C. The first-order chi connectivity index (χ1) is 6.65. The van der Waals surface area contributed by atoms with Gasteiger partial charge in [-0.1, -0.05) is 0 Å². The number of hydrogen-bond acceptors (Lipinski definition) is 4. The van der Waals surface area contributed by atoms with Crippen molar-refractivity contribution in [2.24, 2.45) is 7.05 Å². The summed E-state index contributed by atoms with van der Waals surface area (Å²) in [5, 5.41) is 3.89. The van der Waals surface area contributed by atoms with Crippen molar-refractivity contribution in [2.45, 2.75) is 26.4 Å². The van der Waals surface area contributed by atoms with E-state index in [9.17, 15) is 4.79 Å². The van der Waals surface area contributed by atoms with Gasteiger partial charge < -0.3 is 4.74 Å². The van der Waals surface area contributed by atoms with Crippen LogP contribution in [0.3, 0.4) is 0 Å². The third-order valence-electron chi connectivity index (χ3n) is 2.01. The topological polar surface area (TPSA) is 57.0 Å². The van der Waals surface area contributed by atoms with E-state index in [2.05, 4.69) is 10.1 Å². The van der Waals surface area contributed by atoms with Crippen LogP contribution in [0, 0.1) is 0 Å². The van der Waals surface area contributed by atoms with E-state index < -0.39 is 0 Å². The van der Waals surface area contributed by atoms with Crippen LogP contribution in [0.25, 0.3) is 0 Å². The lowest BCUT2D eigenvalue weighted by Gasteiger charge is -2.09. The van der Waals surface area contributed by atoms with Crippen LogP contribution in [-0.2, 0) is 23.0 Å². The van der Waals surface area contributed by atoms with Crippen molar-refractivity contribution >= 4 is 5.78 Å². The van der Waals surface area contributed by atoms with Crippen LogP contribution in [0.2, 0.25) is 0 Å². The van der Waals surface area contributed by atoms with Crippen LogP contribution in [0.15, 0.2) is 6.33 Å². The molecule has 14 heavy (non-hydrogen) atoms. The normalized spacial score (nSPS) is 12.8. The molecule has 0 aliphatic rings. The summed E-state index contributed by atoms with van der Waals surface area (Å²) in [4.78, 5) is 15.5. The van der Waals surface area contributed by atoms with Crippen molar-refractivity contribution in [1.29, 1.82) is 0 Å². The molecule has 0 fully saturated rings. The maximum absolute atomic E-state index is 11.5. The van der Waals surface area contributed by atoms with Crippen molar-refractivity contribution in [3.8, 4) is 0 Å². The third kappa shape index (κ3) is 2.63. The molecule has 0 saturated heterocycles. The van der Waals surface area contributed by atoms with Gasteiger partial charge >= 0.3 is 0 Å². The molecule has 0 amide bonds. The molecule has 0 spiro atoms. The standard InChI is InChI=1S/C9H15N3O2/c1-4-14-7(2)8(13)5-9-10-6-11-12(9)3/h6-7H,4-5H2,1-3H3. The Balaban J connectivity index is 2.53. The van der Waals surface area contributed by atoms with Crippen molar-refractivity contribution in [1.82, 2.24) is 14.8 Å². The number of rotatable bonds is 5. The van der Waals surface area contributed by atoms with E-state index in [0.717, 1.165) is 0 Å². The molecule has 1 aromatic rings. The Bertz CT molecular complexity index is 309. The number of nitrogens with zero attached hydrogens (tertiary/aromatic N) is 3. The average Bonchev–Trinajstić information content (AvgIpc) is 2.52. The fraction of sp³-hybridized carbons (Fsp3) is 0.667. The number of carbonyl (C=O) groups excluding carboxylic acids is 1. The predicted molar refractivity (Wildman–Crippen MR) is 50.8 cm³/mol. The van der Waals surface area contributed by atoms with Crippen molar-refractivity contribution in [2.75, 3.05) is 6.61 Å². The lowest BCUT2D eigenvalue weighted by atomic mass is 10.2. The summed E-state index contributed by atoms with van der Waals surface area (Å²) in [6.45, 7) is 4.17. The van der Waals surface area contributed by atoms with Gasteiger partial charge in [-0.15, -0.1) is 0 Å². The second kappa shape index (κ2) is 4.85. The molecule has 0 saturated carbocycles. The molecule has 0 aliphatic heterocycles. The second-order valence-corrected chi connectivity index (χ2v) is 3.04. The minimum Gasteiger partial charge on any atom is -0.371 e. The van der Waals surface area contributed by atoms with Crippen molar-refractivity contribution in [3.05, 3.63) is 12.2 Å². The largest absolute Gasteiger partial charge is 0.371 e. The maximum Gasteiger partial charge on any atom is 0.168 e. The third-order valence-corrected chi connectivity index (χ3v) is 2.01. The molecule has 1 unspecified atom stereocenters. The number of ether oxygens (including phenoxy) is 1. The molecule has 1 heterocycles. The van der Waals surface area contributed by atoms with Gasteiger partial charge in [-0.2, -0.15) is 5.10 Å². The van der Waals surface area contributed by atoms with Gasteiger partial charge in [0.15, 0.2) is 5.78 Å². The van der Waals surface area contributed by atoms with E-state index in [1.165, 1.54) is 6.33 Å². The Kier molecular flexibility index (Phi) is 3.76. The van der Waals surface area contributed by atoms with E-state index in [-0.39, 0.29) is 18.3 Å². The highest BCUT2D eigenvalue weighted by Gasteiger charge is 2.15. The summed E-state index contributed by atoms with van der Waals surface area (Å²) >= 11 is 0. The highest BCUT2D eigenvalue weighted by atomic mass is 16.5. The second-order valence-electron chi connectivity index (χ2n) is 3.04. The number of carbonyl (C=O) groups is 1. The fourth-order valence-electron chi connectivity index (χ4n) is 1.12. The van der Waals surface area contributed by atoms with E-state index >= 15 is 0 Å². The Morgan fingerprint density at radius 1 is 1.71 bits per heavy atom. The summed E-state index contributed by atoms with van der Waals surface area (Å²) in [5.74, 6) is 0.699. The van der Waals surface area contributed by atoms with Gasteiger partial charge in [0.2, 0.25) is 0 Å². The molecule has 1 atom stereocenters. The van der Waals surface area contributed by atoms with Crippen LogP contribution in [0.1, 0.15) is 19.7 Å². The fourth-order valence-corrected chi connectivity index (χ4v) is 1.12. The minimum atomic E-state index is -0.364. The summed E-state index contributed by atoms with van der Waals surface area (Å²) in [6, 6.07) is 0. The molecular weight excluding hydrogens is 182 g/mol. The van der Waals surface area contributed by atoms with Gasteiger partial charge in [0, 0.05) is 13.7 Å². The van der Waals surface area contributed by atoms with Gasteiger partial charge in [-0.3, -0.25) is 9.48 Å². The van der Waals surface area contributed by atoms with E-state index in [1.807, 2.05) is 6.92 Å². The molecule has 1 rings (SSSR count). The maximum atomic E-state index is 11.5. The molecule has 0 aromatic carbocycles. The predicted octanol–water partition coefficient (Wildman–Crippen LogP) is 0.352. The Hall–Kier alpha value is -1.23. The van der Waals surface area contributed by atoms with Crippen molar-refractivity contribution < 1.29 is 9.53 Å². The number of hydrogen-bond donors (Lipinski definition) is 0. The molecule has 0 N–H and O–H groups in total. The number of aryl methyl sites for hydroxylation is 1. The zero-order chi connectivity index (χ0) is 10.6. The van der Waals surface area contributed by atoms with Crippen molar-refractivity contribution in [3.63, 3.8) is 0 Å². The smallest absolute Gasteiger partial charge is 0.168 e. The Morgan fingerprint density at radius 2 is 2.43 bits per heavy atom. The zero-order valence-corrected chi connectivity index (χ0v) is 8.73. The van der Waals surface area contributed by atoms with Crippen LogP contribution < -0.4 is 0 Å². The molecule has 1 aromatic heterocycles.